The SMILES string of the molecule is COC(=O)C1(Br)Cc2ccccc2N1. The molecule has 0 aromatic heterocycles. The Hall–Kier alpha value is -1.03. The lowest BCUT2D eigenvalue weighted by Crippen LogP contribution is -2.39. The molecule has 2 rings (SSSR count). The van der Waals surface area contributed by atoms with Crippen LogP contribution in [-0.4, -0.2) is 17.5 Å². The summed E-state index contributed by atoms with van der Waals surface area (Å²) < 4.78 is 3.93. The quantitative estimate of drug-likeness (QED) is 0.474. The minimum atomic E-state index is -0.786. The van der Waals surface area contributed by atoms with E-state index in [1.807, 2.05) is 24.3 Å². The number of ether oxygens (including phenoxy) is 1. The third-order valence-electron chi connectivity index (χ3n) is 2.29. The monoisotopic (exact) mass is 255 g/mol. The third-order valence-corrected chi connectivity index (χ3v) is 3.10. The predicted octanol–water partition coefficient (Wildman–Crippen LogP) is 1.92. The molecule has 1 unspecified atom stereocenters. The molecule has 0 radical (unpaired) electrons. The number of carbonyl (C=O) groups is 1. The van der Waals surface area contributed by atoms with Crippen LogP contribution in [-0.2, 0) is 16.0 Å². The molecular formula is C10H10BrNO2. The van der Waals surface area contributed by atoms with E-state index in [0.29, 0.717) is 6.42 Å². The molecule has 3 nitrogen and oxygen atoms in total. The van der Waals surface area contributed by atoms with E-state index in [2.05, 4.69) is 21.2 Å². The number of hydrogen-bond donors (Lipinski definition) is 1. The van der Waals surface area contributed by atoms with Crippen LogP contribution in [0.25, 0.3) is 0 Å². The van der Waals surface area contributed by atoms with Gasteiger partial charge in [0.1, 0.15) is 0 Å². The van der Waals surface area contributed by atoms with Crippen molar-refractivity contribution >= 4 is 27.6 Å². The number of para-hydroxylation sites is 1. The van der Waals surface area contributed by atoms with E-state index in [-0.39, 0.29) is 5.97 Å². The zero-order valence-electron chi connectivity index (χ0n) is 7.71. The summed E-state index contributed by atoms with van der Waals surface area (Å²) >= 11 is 3.37. The first kappa shape index (κ1) is 9.52. The molecule has 1 N–H and O–H groups in total. The van der Waals surface area contributed by atoms with Crippen LogP contribution >= 0.6 is 15.9 Å². The minimum absolute atomic E-state index is 0.298. The van der Waals surface area contributed by atoms with Gasteiger partial charge in [0.2, 0.25) is 0 Å². The summed E-state index contributed by atoms with van der Waals surface area (Å²) in [6.07, 6.45) is 0.607. The number of anilines is 1. The van der Waals surface area contributed by atoms with Gasteiger partial charge in [-0.3, -0.25) is 0 Å². The van der Waals surface area contributed by atoms with Gasteiger partial charge in [-0.15, -0.1) is 0 Å². The minimum Gasteiger partial charge on any atom is -0.467 e. The first-order valence-electron chi connectivity index (χ1n) is 4.29. The maximum Gasteiger partial charge on any atom is 0.343 e. The molecule has 0 amide bonds. The fourth-order valence-corrected chi connectivity index (χ4v) is 2.28. The lowest BCUT2D eigenvalue weighted by Gasteiger charge is -2.19. The van der Waals surface area contributed by atoms with Gasteiger partial charge in [-0.2, -0.15) is 0 Å². The highest BCUT2D eigenvalue weighted by molar-refractivity contribution is 9.10. The van der Waals surface area contributed by atoms with Gasteiger partial charge in [0.25, 0.3) is 0 Å². The number of hydrogen-bond acceptors (Lipinski definition) is 3. The number of rotatable bonds is 1. The van der Waals surface area contributed by atoms with Gasteiger partial charge in [-0.1, -0.05) is 18.2 Å². The first-order valence-corrected chi connectivity index (χ1v) is 5.08. The molecule has 14 heavy (non-hydrogen) atoms. The van der Waals surface area contributed by atoms with Gasteiger partial charge in [0, 0.05) is 12.1 Å². The van der Waals surface area contributed by atoms with Gasteiger partial charge in [0.15, 0.2) is 4.45 Å². The topological polar surface area (TPSA) is 38.3 Å². The standard InChI is InChI=1S/C10H10BrNO2/c1-14-9(13)10(11)6-7-4-2-3-5-8(7)12-10/h2-5,12H,6H2,1H3. The summed E-state index contributed by atoms with van der Waals surface area (Å²) in [5.74, 6) is -0.298. The second kappa shape index (κ2) is 3.28. The molecule has 0 aliphatic carbocycles. The van der Waals surface area contributed by atoms with E-state index in [0.717, 1.165) is 11.3 Å². The van der Waals surface area contributed by atoms with E-state index < -0.39 is 4.45 Å². The van der Waals surface area contributed by atoms with E-state index >= 15 is 0 Å². The highest BCUT2D eigenvalue weighted by atomic mass is 79.9. The average Bonchev–Trinajstić information content (AvgIpc) is 2.54. The molecule has 1 aromatic rings. The molecular weight excluding hydrogens is 246 g/mol. The van der Waals surface area contributed by atoms with Gasteiger partial charge in [-0.25, -0.2) is 4.79 Å². The second-order valence-electron chi connectivity index (χ2n) is 3.25. The summed E-state index contributed by atoms with van der Waals surface area (Å²) in [5, 5.41) is 3.10. The Kier molecular flexibility index (Phi) is 2.23. The number of halogens is 1. The van der Waals surface area contributed by atoms with Crippen LogP contribution in [0.3, 0.4) is 0 Å². The molecule has 0 fully saturated rings. The fourth-order valence-electron chi connectivity index (χ4n) is 1.60. The molecule has 1 aromatic carbocycles. The number of nitrogens with one attached hydrogen (secondary N) is 1. The van der Waals surface area contributed by atoms with Crippen LogP contribution < -0.4 is 5.32 Å². The summed E-state index contributed by atoms with van der Waals surface area (Å²) in [6, 6.07) is 7.83. The number of benzene rings is 1. The van der Waals surface area contributed by atoms with Crippen LogP contribution in [0.2, 0.25) is 0 Å². The number of alkyl halides is 1. The van der Waals surface area contributed by atoms with Crippen molar-refractivity contribution in [3.63, 3.8) is 0 Å². The maximum absolute atomic E-state index is 11.5. The first-order chi connectivity index (χ1) is 6.65. The number of fused-ring (bicyclic) bond motifs is 1. The normalized spacial score (nSPS) is 23.9. The fraction of sp³-hybridized carbons (Fsp3) is 0.300. The van der Waals surface area contributed by atoms with Crippen molar-refractivity contribution in [1.29, 1.82) is 0 Å². The largest absolute Gasteiger partial charge is 0.467 e. The van der Waals surface area contributed by atoms with Crippen LogP contribution in [0.5, 0.6) is 0 Å². The van der Waals surface area contributed by atoms with Crippen molar-refractivity contribution in [2.24, 2.45) is 0 Å². The lowest BCUT2D eigenvalue weighted by molar-refractivity contribution is -0.142. The summed E-state index contributed by atoms with van der Waals surface area (Å²) in [7, 11) is 1.38. The van der Waals surface area contributed by atoms with Crippen molar-refractivity contribution in [2.45, 2.75) is 10.9 Å². The molecule has 74 valence electrons. The Morgan fingerprint density at radius 1 is 1.57 bits per heavy atom. The number of methoxy groups -OCH3 is 1. The Morgan fingerprint density at radius 3 is 2.93 bits per heavy atom. The van der Waals surface area contributed by atoms with Gasteiger partial charge >= 0.3 is 5.97 Å². The Bertz CT molecular complexity index is 353. The number of carbonyl (C=O) groups excluding carboxylic acids is 1. The predicted molar refractivity (Wildman–Crippen MR) is 57.4 cm³/mol. The van der Waals surface area contributed by atoms with Crippen molar-refractivity contribution in [2.75, 3.05) is 12.4 Å². The number of esters is 1. The highest BCUT2D eigenvalue weighted by Gasteiger charge is 2.42. The highest BCUT2D eigenvalue weighted by Crippen LogP contribution is 2.36. The van der Waals surface area contributed by atoms with Gasteiger partial charge in [0.05, 0.1) is 7.11 Å². The Labute approximate surface area is 90.6 Å². The molecule has 1 aliphatic rings. The molecule has 1 heterocycles. The lowest BCUT2D eigenvalue weighted by atomic mass is 10.1. The molecule has 0 saturated heterocycles. The maximum atomic E-state index is 11.5. The molecule has 0 spiro atoms. The smallest absolute Gasteiger partial charge is 0.343 e. The summed E-state index contributed by atoms with van der Waals surface area (Å²) in [4.78, 5) is 11.5. The molecule has 4 heteroatoms. The molecule has 1 aliphatic heterocycles. The van der Waals surface area contributed by atoms with Crippen LogP contribution in [0, 0.1) is 0 Å². The van der Waals surface area contributed by atoms with Crippen molar-refractivity contribution in [3.05, 3.63) is 29.8 Å². The summed E-state index contributed by atoms with van der Waals surface area (Å²) in [6.45, 7) is 0. The third kappa shape index (κ3) is 1.39. The summed E-state index contributed by atoms with van der Waals surface area (Å²) in [5.41, 5.74) is 2.10. The van der Waals surface area contributed by atoms with Gasteiger partial charge in [-0.05, 0) is 27.6 Å². The van der Waals surface area contributed by atoms with E-state index in [4.69, 9.17) is 4.74 Å². The van der Waals surface area contributed by atoms with Crippen LogP contribution in [0.4, 0.5) is 5.69 Å². The molecule has 0 saturated carbocycles. The van der Waals surface area contributed by atoms with Crippen molar-refractivity contribution < 1.29 is 9.53 Å². The van der Waals surface area contributed by atoms with E-state index in [1.54, 1.807) is 0 Å². The van der Waals surface area contributed by atoms with Crippen molar-refractivity contribution in [3.8, 4) is 0 Å². The average molecular weight is 256 g/mol. The van der Waals surface area contributed by atoms with Gasteiger partial charge < -0.3 is 10.1 Å². The Morgan fingerprint density at radius 2 is 2.29 bits per heavy atom. The molecule has 0 bridgehead atoms. The zero-order valence-corrected chi connectivity index (χ0v) is 9.30. The van der Waals surface area contributed by atoms with Crippen molar-refractivity contribution in [1.82, 2.24) is 0 Å². The Balaban J connectivity index is 2.30. The van der Waals surface area contributed by atoms with E-state index in [1.165, 1.54) is 7.11 Å². The molecule has 1 atom stereocenters. The van der Waals surface area contributed by atoms with E-state index in [9.17, 15) is 4.79 Å². The second-order valence-corrected chi connectivity index (χ2v) is 4.61. The zero-order chi connectivity index (χ0) is 10.2. The van der Waals surface area contributed by atoms with Crippen LogP contribution in [0.1, 0.15) is 5.56 Å². The van der Waals surface area contributed by atoms with Crippen LogP contribution in [0.15, 0.2) is 24.3 Å².